The Morgan fingerprint density at radius 3 is 2.50 bits per heavy atom. The molecule has 48 heavy (non-hydrogen) atoms. The van der Waals surface area contributed by atoms with Crippen LogP contribution in [0.5, 0.6) is 0 Å². The van der Waals surface area contributed by atoms with Gasteiger partial charge in [-0.3, -0.25) is 19.2 Å². The molecule has 4 aliphatic heterocycles. The van der Waals surface area contributed by atoms with Crippen LogP contribution >= 0.6 is 15.9 Å². The molecular weight excluding hydrogens is 678 g/mol. The maximum Gasteiger partial charge on any atom is 0.306 e. The molecule has 5 bridgehead atoms. The Hall–Kier alpha value is -4.32. The van der Waals surface area contributed by atoms with E-state index < -0.39 is 47.5 Å². The molecule has 1 spiro atoms. The first-order valence-electron chi connectivity index (χ1n) is 16.3. The second kappa shape index (κ2) is 13.3. The molecule has 248 valence electrons. The van der Waals surface area contributed by atoms with Crippen molar-refractivity contribution >= 4 is 56.1 Å². The average Bonchev–Trinajstić information content (AvgIpc) is 3.69. The second-order valence-electron chi connectivity index (χ2n) is 12.6. The first kappa shape index (κ1) is 32.2. The van der Waals surface area contributed by atoms with Crippen LogP contribution in [0.3, 0.4) is 0 Å². The van der Waals surface area contributed by atoms with Crippen molar-refractivity contribution < 1.29 is 33.8 Å². The number of allylic oxidation sites excluding steroid dienone is 1. The van der Waals surface area contributed by atoms with Gasteiger partial charge in [0, 0.05) is 36.3 Å². The van der Waals surface area contributed by atoms with Crippen LogP contribution in [0, 0.1) is 11.8 Å². The zero-order chi connectivity index (χ0) is 33.4. The van der Waals surface area contributed by atoms with Crippen molar-refractivity contribution in [2.45, 2.75) is 43.1 Å². The van der Waals surface area contributed by atoms with E-state index in [1.165, 1.54) is 4.90 Å². The van der Waals surface area contributed by atoms with Crippen molar-refractivity contribution in [2.75, 3.05) is 31.2 Å². The Kier molecular flexibility index (Phi) is 8.93. The third-order valence-corrected chi connectivity index (χ3v) is 10.4. The molecule has 2 saturated heterocycles. The Balaban J connectivity index is 1.33. The fraction of sp³-hybridized carbons (Fsp3) is 0.351. The molecule has 7 rings (SSSR count). The van der Waals surface area contributed by atoms with Crippen molar-refractivity contribution in [2.24, 2.45) is 11.8 Å². The van der Waals surface area contributed by atoms with Crippen molar-refractivity contribution in [3.63, 3.8) is 0 Å². The van der Waals surface area contributed by atoms with Gasteiger partial charge in [0.2, 0.25) is 11.8 Å². The van der Waals surface area contributed by atoms with Gasteiger partial charge in [-0.15, -0.1) is 0 Å². The van der Waals surface area contributed by atoms with Gasteiger partial charge in [0.15, 0.2) is 0 Å². The predicted octanol–water partition coefficient (Wildman–Crippen LogP) is 4.18. The first-order chi connectivity index (χ1) is 23.3. The van der Waals surface area contributed by atoms with E-state index in [1.54, 1.807) is 11.0 Å². The number of rotatable bonds is 5. The highest BCUT2D eigenvalue weighted by atomic mass is 79.9. The minimum absolute atomic E-state index is 0.0865. The van der Waals surface area contributed by atoms with Crippen LogP contribution in [-0.2, 0) is 28.7 Å². The monoisotopic (exact) mass is 713 g/mol. The molecule has 3 aromatic rings. The highest BCUT2D eigenvalue weighted by Crippen LogP contribution is 2.58. The molecular formula is C37H36BrN3O7. The molecule has 0 unspecified atom stereocenters. The Morgan fingerprint density at radius 2 is 1.71 bits per heavy atom. The van der Waals surface area contributed by atoms with Crippen molar-refractivity contribution in [1.29, 1.82) is 0 Å². The average molecular weight is 715 g/mol. The lowest BCUT2D eigenvalue weighted by atomic mass is 9.74. The number of aliphatic hydroxyl groups is 1. The van der Waals surface area contributed by atoms with E-state index in [0.717, 1.165) is 16.3 Å². The van der Waals surface area contributed by atoms with E-state index in [9.17, 15) is 24.3 Å². The molecule has 11 heteroatoms. The van der Waals surface area contributed by atoms with Crippen molar-refractivity contribution in [3.05, 3.63) is 101 Å². The number of nitrogens with one attached hydrogen (secondary N) is 1. The van der Waals surface area contributed by atoms with E-state index in [4.69, 9.17) is 9.47 Å². The number of benzene rings is 3. The third-order valence-electron chi connectivity index (χ3n) is 9.73. The molecule has 6 atom stereocenters. The summed E-state index contributed by atoms with van der Waals surface area (Å²) in [6.07, 6.45) is 5.43. The van der Waals surface area contributed by atoms with Gasteiger partial charge in [0.05, 0.1) is 17.9 Å². The van der Waals surface area contributed by atoms with Gasteiger partial charge in [-0.25, -0.2) is 0 Å². The normalized spacial score (nSPS) is 29.9. The number of fused-ring (bicyclic) bond motifs is 3. The standard InChI is InChI=1S/C37H36BrN3O7/c38-27-21-37-31-30(32(27)48-37)34(44)39-28(24-11-3-1-4-12-24)22-47-29(43)14-5-2-8-17-40(26-16-15-23-10-6-7-13-25(23)20-26)36(46)33(37)41(35(31)45)18-9-19-42/h1-4,6-8,10-13,15-16,20-21,28,30-33,42H,5,9,14,17-19,22H2,(H,39,44)/b8-2-/t28-,30-,31+,32-,33-,37+/m0/s1. The highest BCUT2D eigenvalue weighted by molar-refractivity contribution is 9.11. The maximum atomic E-state index is 15.0. The summed E-state index contributed by atoms with van der Waals surface area (Å²) in [4.78, 5) is 59.6. The van der Waals surface area contributed by atoms with E-state index >= 15 is 0 Å². The number of aliphatic hydroxyl groups excluding tert-OH is 1. The minimum atomic E-state index is -1.42. The van der Waals surface area contributed by atoms with Gasteiger partial charge in [0.25, 0.3) is 5.91 Å². The fourth-order valence-corrected chi connectivity index (χ4v) is 8.25. The summed E-state index contributed by atoms with van der Waals surface area (Å²) in [5.41, 5.74) is -0.0479. The number of hydrogen-bond donors (Lipinski definition) is 2. The van der Waals surface area contributed by atoms with Crippen LogP contribution < -0.4 is 10.2 Å². The summed E-state index contributed by atoms with van der Waals surface area (Å²) < 4.78 is 12.8. The van der Waals surface area contributed by atoms with Gasteiger partial charge in [-0.1, -0.05) is 88.7 Å². The van der Waals surface area contributed by atoms with Crippen LogP contribution in [0.2, 0.25) is 0 Å². The van der Waals surface area contributed by atoms with Crippen LogP contribution in [0.4, 0.5) is 5.69 Å². The number of carbonyl (C=O) groups is 4. The van der Waals surface area contributed by atoms with Gasteiger partial charge in [-0.05, 0) is 47.4 Å². The molecule has 2 fully saturated rings. The number of carbonyl (C=O) groups excluding carboxylic acids is 4. The summed E-state index contributed by atoms with van der Waals surface area (Å²) in [5.74, 6) is -3.55. The number of esters is 1. The molecule has 0 radical (unpaired) electrons. The summed E-state index contributed by atoms with van der Waals surface area (Å²) in [6.45, 7) is 0.0162. The molecule has 0 aliphatic carbocycles. The number of cyclic esters (lactones) is 1. The lowest BCUT2D eigenvalue weighted by molar-refractivity contribution is -0.145. The number of hydrogen-bond acceptors (Lipinski definition) is 7. The fourth-order valence-electron chi connectivity index (χ4n) is 7.51. The summed E-state index contributed by atoms with van der Waals surface area (Å²) >= 11 is 3.61. The molecule has 4 aliphatic rings. The van der Waals surface area contributed by atoms with Crippen molar-refractivity contribution in [1.82, 2.24) is 10.2 Å². The molecule has 2 N–H and O–H groups in total. The SMILES string of the molecule is O=C1CC/C=C\CN(c2ccc3ccccc3c2)C(=O)[C@@H]2N(CCCO)C(=O)[C@H]3[C@H](C(=O)N[C@H](c4ccccc4)CO1)[C@H]1O[C@@]23C=C1Br. The number of amides is 3. The quantitative estimate of drug-likeness (QED) is 0.300. The molecule has 3 aromatic carbocycles. The summed E-state index contributed by atoms with van der Waals surface area (Å²) in [5, 5.41) is 14.8. The van der Waals surface area contributed by atoms with Crippen LogP contribution in [0.25, 0.3) is 10.8 Å². The van der Waals surface area contributed by atoms with Gasteiger partial charge < -0.3 is 29.7 Å². The molecule has 3 amide bonds. The largest absolute Gasteiger partial charge is 0.463 e. The van der Waals surface area contributed by atoms with Crippen LogP contribution in [-0.4, -0.2) is 77.7 Å². The first-order valence-corrected chi connectivity index (χ1v) is 17.0. The Labute approximate surface area is 286 Å². The number of likely N-dealkylation sites (tertiary alicyclic amines) is 1. The molecule has 0 saturated carbocycles. The molecule has 10 nitrogen and oxygen atoms in total. The van der Waals surface area contributed by atoms with E-state index in [2.05, 4.69) is 21.2 Å². The molecule has 4 heterocycles. The number of nitrogens with zero attached hydrogens (tertiary/aromatic N) is 2. The van der Waals surface area contributed by atoms with Gasteiger partial charge in [-0.2, -0.15) is 0 Å². The van der Waals surface area contributed by atoms with Crippen molar-refractivity contribution in [3.8, 4) is 0 Å². The number of halogens is 1. The Bertz CT molecular complexity index is 1810. The van der Waals surface area contributed by atoms with E-state index in [-0.39, 0.29) is 51.0 Å². The highest BCUT2D eigenvalue weighted by Gasteiger charge is 2.74. The summed E-state index contributed by atoms with van der Waals surface area (Å²) in [6, 6.07) is 21.0. The van der Waals surface area contributed by atoms with Gasteiger partial charge >= 0.3 is 5.97 Å². The second-order valence-corrected chi connectivity index (χ2v) is 13.5. The summed E-state index contributed by atoms with van der Waals surface area (Å²) in [7, 11) is 0. The zero-order valence-electron chi connectivity index (χ0n) is 26.2. The van der Waals surface area contributed by atoms with E-state index in [0.29, 0.717) is 16.6 Å². The number of anilines is 1. The third kappa shape index (κ3) is 5.63. The number of ether oxygens (including phenoxy) is 2. The Morgan fingerprint density at radius 1 is 0.938 bits per heavy atom. The maximum absolute atomic E-state index is 15.0. The van der Waals surface area contributed by atoms with Crippen LogP contribution in [0.1, 0.15) is 30.9 Å². The predicted molar refractivity (Wildman–Crippen MR) is 182 cm³/mol. The van der Waals surface area contributed by atoms with E-state index in [1.807, 2.05) is 84.9 Å². The van der Waals surface area contributed by atoms with Gasteiger partial charge in [0.1, 0.15) is 24.4 Å². The lowest BCUT2D eigenvalue weighted by Crippen LogP contribution is -2.56. The smallest absolute Gasteiger partial charge is 0.306 e. The van der Waals surface area contributed by atoms with Crippen LogP contribution in [0.15, 0.2) is 95.5 Å². The minimum Gasteiger partial charge on any atom is -0.463 e. The zero-order valence-corrected chi connectivity index (χ0v) is 27.8. The molecule has 0 aromatic heterocycles. The lowest BCUT2D eigenvalue weighted by Gasteiger charge is -2.36. The topological polar surface area (TPSA) is 125 Å².